The molecule has 2 aliphatic rings. The van der Waals surface area contributed by atoms with E-state index >= 15 is 0 Å². The molecule has 1 aromatic heterocycles. The molecule has 2 aliphatic heterocycles. The van der Waals surface area contributed by atoms with Crippen LogP contribution < -0.4 is 15.5 Å². The average Bonchev–Trinajstić information content (AvgIpc) is 2.79. The van der Waals surface area contributed by atoms with Crippen LogP contribution in [0.4, 0.5) is 5.82 Å². The average molecular weight is 431 g/mol. The van der Waals surface area contributed by atoms with Gasteiger partial charge >= 0.3 is 0 Å². The minimum atomic E-state index is 0.496. The minimum Gasteiger partial charge on any atom is -0.379 e. The number of morpholine rings is 1. The first-order chi connectivity index (χ1) is 15.0. The third kappa shape index (κ3) is 7.65. The van der Waals surface area contributed by atoms with Crippen LogP contribution in [-0.2, 0) is 11.3 Å². The molecule has 0 amide bonds. The Kier molecular flexibility index (Phi) is 9.40. The topological polar surface area (TPSA) is 65.0 Å². The van der Waals surface area contributed by atoms with E-state index in [1.165, 1.54) is 24.8 Å². The molecule has 1 atom stereocenters. The first kappa shape index (κ1) is 23.8. The molecule has 7 nitrogen and oxygen atoms in total. The van der Waals surface area contributed by atoms with Crippen molar-refractivity contribution in [1.29, 1.82) is 0 Å². The highest BCUT2D eigenvalue weighted by Crippen LogP contribution is 2.21. The second-order valence-electron chi connectivity index (χ2n) is 9.43. The summed E-state index contributed by atoms with van der Waals surface area (Å²) < 4.78 is 5.53. The van der Waals surface area contributed by atoms with Crippen molar-refractivity contribution in [1.82, 2.24) is 20.5 Å². The second-order valence-corrected chi connectivity index (χ2v) is 9.43. The number of anilines is 1. The molecule has 1 unspecified atom stereocenters. The Hall–Kier alpha value is -1.86. The van der Waals surface area contributed by atoms with Crippen molar-refractivity contribution >= 4 is 11.8 Å². The zero-order valence-electron chi connectivity index (χ0n) is 19.9. The van der Waals surface area contributed by atoms with Gasteiger partial charge in [0.05, 0.1) is 13.2 Å². The Morgan fingerprint density at radius 3 is 2.52 bits per heavy atom. The molecule has 0 spiro atoms. The lowest BCUT2D eigenvalue weighted by atomic mass is 9.99. The fourth-order valence-corrected chi connectivity index (χ4v) is 4.42. The predicted octanol–water partition coefficient (Wildman–Crippen LogP) is 2.73. The minimum absolute atomic E-state index is 0.496. The summed E-state index contributed by atoms with van der Waals surface area (Å²) in [5, 5.41) is 6.98. The van der Waals surface area contributed by atoms with E-state index in [1.807, 2.05) is 13.2 Å². The number of hydrogen-bond donors (Lipinski definition) is 2. The maximum atomic E-state index is 5.53. The van der Waals surface area contributed by atoms with Gasteiger partial charge in [-0.25, -0.2) is 4.98 Å². The Bertz CT molecular complexity index is 663. The molecule has 2 N–H and O–H groups in total. The summed E-state index contributed by atoms with van der Waals surface area (Å²) in [5.74, 6) is 3.44. The van der Waals surface area contributed by atoms with Crippen molar-refractivity contribution in [2.75, 3.05) is 57.9 Å². The van der Waals surface area contributed by atoms with E-state index < -0.39 is 0 Å². The van der Waals surface area contributed by atoms with E-state index in [-0.39, 0.29) is 0 Å². The Balaban J connectivity index is 1.46. The van der Waals surface area contributed by atoms with Gasteiger partial charge in [0.1, 0.15) is 5.82 Å². The molecule has 0 saturated carbocycles. The van der Waals surface area contributed by atoms with Gasteiger partial charge in [-0.1, -0.05) is 26.8 Å². The molecule has 1 aromatic rings. The summed E-state index contributed by atoms with van der Waals surface area (Å²) >= 11 is 0. The van der Waals surface area contributed by atoms with Crippen LogP contribution in [0.25, 0.3) is 0 Å². The van der Waals surface area contributed by atoms with Crippen molar-refractivity contribution in [2.45, 2.75) is 52.6 Å². The predicted molar refractivity (Wildman–Crippen MR) is 129 cm³/mol. The molecule has 0 aliphatic carbocycles. The molecule has 2 fully saturated rings. The van der Waals surface area contributed by atoms with Gasteiger partial charge in [-0.2, -0.15) is 0 Å². The summed E-state index contributed by atoms with van der Waals surface area (Å²) in [6.45, 7) is 14.5. The van der Waals surface area contributed by atoms with Gasteiger partial charge in [0.15, 0.2) is 5.96 Å². The molecule has 3 heterocycles. The van der Waals surface area contributed by atoms with Crippen LogP contribution in [0.15, 0.2) is 23.3 Å². The van der Waals surface area contributed by atoms with Crippen molar-refractivity contribution in [3.63, 3.8) is 0 Å². The Morgan fingerprint density at radius 2 is 1.90 bits per heavy atom. The number of ether oxygens (including phenoxy) is 1. The molecule has 0 radical (unpaired) electrons. The molecule has 7 heteroatoms. The SMILES string of the molecule is CN=C(NCc1ccc(N2CCC(C)CC2)nc1)NCC(CC(C)C)N1CCOCC1. The number of nitrogens with zero attached hydrogens (tertiary/aromatic N) is 4. The van der Waals surface area contributed by atoms with Crippen molar-refractivity contribution < 1.29 is 4.74 Å². The van der Waals surface area contributed by atoms with Gasteiger partial charge in [-0.15, -0.1) is 0 Å². The van der Waals surface area contributed by atoms with Crippen molar-refractivity contribution in [3.8, 4) is 0 Å². The van der Waals surface area contributed by atoms with Crippen molar-refractivity contribution in [2.24, 2.45) is 16.8 Å². The highest BCUT2D eigenvalue weighted by Gasteiger charge is 2.22. The quantitative estimate of drug-likeness (QED) is 0.488. The van der Waals surface area contributed by atoms with Crippen LogP contribution in [0.5, 0.6) is 0 Å². The third-order valence-corrected chi connectivity index (χ3v) is 6.41. The monoisotopic (exact) mass is 430 g/mol. The summed E-state index contributed by atoms with van der Waals surface area (Å²) in [4.78, 5) is 14.1. The fraction of sp³-hybridized carbons (Fsp3) is 0.750. The molecular formula is C24H42N6O. The first-order valence-corrected chi connectivity index (χ1v) is 12.0. The highest BCUT2D eigenvalue weighted by molar-refractivity contribution is 5.79. The van der Waals surface area contributed by atoms with Gasteiger partial charge in [-0.3, -0.25) is 9.89 Å². The molecular weight excluding hydrogens is 388 g/mol. The van der Waals surface area contributed by atoms with Crippen LogP contribution in [0.1, 0.15) is 45.6 Å². The lowest BCUT2D eigenvalue weighted by Gasteiger charge is -2.35. The van der Waals surface area contributed by atoms with E-state index in [1.54, 1.807) is 0 Å². The van der Waals surface area contributed by atoms with E-state index in [0.29, 0.717) is 12.0 Å². The normalized spacial score (nSPS) is 20.2. The highest BCUT2D eigenvalue weighted by atomic mass is 16.5. The van der Waals surface area contributed by atoms with Gasteiger partial charge in [-0.05, 0) is 42.7 Å². The maximum absolute atomic E-state index is 5.53. The summed E-state index contributed by atoms with van der Waals surface area (Å²) in [7, 11) is 1.83. The van der Waals surface area contributed by atoms with Gasteiger partial charge in [0.2, 0.25) is 0 Å². The number of rotatable bonds is 8. The molecule has 3 rings (SSSR count). The fourth-order valence-electron chi connectivity index (χ4n) is 4.42. The second kappa shape index (κ2) is 12.2. The smallest absolute Gasteiger partial charge is 0.191 e. The van der Waals surface area contributed by atoms with Crippen molar-refractivity contribution in [3.05, 3.63) is 23.9 Å². The van der Waals surface area contributed by atoms with E-state index in [2.05, 4.69) is 58.3 Å². The lowest BCUT2D eigenvalue weighted by molar-refractivity contribution is 0.0132. The molecule has 2 saturated heterocycles. The van der Waals surface area contributed by atoms with Gasteiger partial charge < -0.3 is 20.3 Å². The number of piperidine rings is 1. The first-order valence-electron chi connectivity index (χ1n) is 12.0. The maximum Gasteiger partial charge on any atom is 0.191 e. The number of nitrogens with one attached hydrogen (secondary N) is 2. The number of hydrogen-bond acceptors (Lipinski definition) is 5. The molecule has 0 bridgehead atoms. The zero-order chi connectivity index (χ0) is 22.1. The standard InChI is InChI=1S/C24H42N6O/c1-19(2)15-22(29-11-13-31-14-12-29)18-28-24(25-4)27-17-21-5-6-23(26-16-21)30-9-7-20(3)8-10-30/h5-6,16,19-20,22H,7-15,17-18H2,1-4H3,(H2,25,27,28). The van der Waals surface area contributed by atoms with Crippen LogP contribution in [0.2, 0.25) is 0 Å². The molecule has 174 valence electrons. The largest absolute Gasteiger partial charge is 0.379 e. The number of guanidine groups is 1. The van der Waals surface area contributed by atoms with Gasteiger partial charge in [0, 0.05) is 58.6 Å². The number of aliphatic imine (C=N–C) groups is 1. The number of pyridine rings is 1. The lowest BCUT2D eigenvalue weighted by Crippen LogP contribution is -2.50. The van der Waals surface area contributed by atoms with E-state index in [4.69, 9.17) is 9.72 Å². The summed E-state index contributed by atoms with van der Waals surface area (Å²) in [5.41, 5.74) is 1.17. The third-order valence-electron chi connectivity index (χ3n) is 6.41. The van der Waals surface area contributed by atoms with E-state index in [9.17, 15) is 0 Å². The van der Waals surface area contributed by atoms with Gasteiger partial charge in [0.25, 0.3) is 0 Å². The molecule has 0 aromatic carbocycles. The summed E-state index contributed by atoms with van der Waals surface area (Å²) in [6.07, 6.45) is 5.68. The van der Waals surface area contributed by atoms with E-state index in [0.717, 1.165) is 70.2 Å². The van der Waals surface area contributed by atoms with Crippen LogP contribution in [0.3, 0.4) is 0 Å². The zero-order valence-corrected chi connectivity index (χ0v) is 19.9. The Morgan fingerprint density at radius 1 is 1.16 bits per heavy atom. The van der Waals surface area contributed by atoms with Crippen LogP contribution >= 0.6 is 0 Å². The summed E-state index contributed by atoms with van der Waals surface area (Å²) in [6, 6.07) is 4.83. The van der Waals surface area contributed by atoms with Crippen LogP contribution in [-0.4, -0.2) is 74.9 Å². The Labute approximate surface area is 188 Å². The number of aromatic nitrogens is 1. The van der Waals surface area contributed by atoms with Crippen LogP contribution in [0, 0.1) is 11.8 Å². The molecule has 31 heavy (non-hydrogen) atoms.